The van der Waals surface area contributed by atoms with Crippen molar-refractivity contribution in [3.8, 4) is 0 Å². The first-order valence-corrected chi connectivity index (χ1v) is 7.19. The van der Waals surface area contributed by atoms with Gasteiger partial charge in [-0.15, -0.1) is 0 Å². The van der Waals surface area contributed by atoms with Gasteiger partial charge < -0.3 is 5.32 Å². The first kappa shape index (κ1) is 13.9. The van der Waals surface area contributed by atoms with Gasteiger partial charge in [0.25, 0.3) is 15.0 Å². The molecule has 1 aromatic carbocycles. The van der Waals surface area contributed by atoms with Gasteiger partial charge in [0.2, 0.25) is 0 Å². The Morgan fingerprint density at radius 1 is 1.41 bits per heavy atom. The van der Waals surface area contributed by atoms with Gasteiger partial charge in [0.05, 0.1) is 4.90 Å². The van der Waals surface area contributed by atoms with Crippen molar-refractivity contribution in [1.82, 2.24) is 5.32 Å². The highest BCUT2D eigenvalue weighted by Gasteiger charge is 2.15. The molecule has 0 bridgehead atoms. The van der Waals surface area contributed by atoms with E-state index in [2.05, 4.69) is 5.32 Å². The van der Waals surface area contributed by atoms with Gasteiger partial charge in [0.15, 0.2) is 0 Å². The molecule has 0 unspecified atom stereocenters. The van der Waals surface area contributed by atoms with Crippen LogP contribution in [0.4, 0.5) is 4.39 Å². The van der Waals surface area contributed by atoms with Crippen LogP contribution in [0.3, 0.4) is 0 Å². The van der Waals surface area contributed by atoms with Crippen LogP contribution in [0.15, 0.2) is 23.1 Å². The Morgan fingerprint density at radius 3 is 2.59 bits per heavy atom. The predicted molar refractivity (Wildman–Crippen MR) is 62.1 cm³/mol. The minimum atomic E-state index is -4.05. The lowest BCUT2D eigenvalue weighted by molar-refractivity contribution is 0.0953. The number of hydrogen-bond donors (Lipinski definition) is 1. The average Bonchev–Trinajstić information content (AvgIpc) is 2.23. The molecule has 0 saturated carbocycles. The number of benzene rings is 1. The maximum Gasteiger partial charge on any atom is 0.261 e. The van der Waals surface area contributed by atoms with Gasteiger partial charge in [-0.05, 0) is 24.6 Å². The van der Waals surface area contributed by atoms with Crippen LogP contribution in [-0.2, 0) is 9.05 Å². The molecular weight excluding hydrogens is 269 g/mol. The van der Waals surface area contributed by atoms with Gasteiger partial charge in [-0.3, -0.25) is 4.79 Å². The molecular formula is C10H11ClFNO3S. The highest BCUT2D eigenvalue weighted by atomic mass is 35.7. The van der Waals surface area contributed by atoms with Crippen molar-refractivity contribution in [3.63, 3.8) is 0 Å². The summed E-state index contributed by atoms with van der Waals surface area (Å²) in [5.74, 6) is -1.36. The van der Waals surface area contributed by atoms with Gasteiger partial charge in [-0.2, -0.15) is 0 Å². The molecule has 17 heavy (non-hydrogen) atoms. The highest BCUT2D eigenvalue weighted by molar-refractivity contribution is 8.13. The summed E-state index contributed by atoms with van der Waals surface area (Å²) >= 11 is 0. The minimum absolute atomic E-state index is 0.0716. The summed E-state index contributed by atoms with van der Waals surface area (Å²) in [6.07, 6.45) is 0.724. The number of carbonyl (C=O) groups is 1. The van der Waals surface area contributed by atoms with E-state index >= 15 is 0 Å². The zero-order valence-corrected chi connectivity index (χ0v) is 10.6. The minimum Gasteiger partial charge on any atom is -0.352 e. The molecule has 0 radical (unpaired) electrons. The Bertz CT molecular complexity index is 530. The van der Waals surface area contributed by atoms with E-state index in [0.717, 1.165) is 24.6 Å². The second kappa shape index (κ2) is 5.46. The standard InChI is InChI=1S/C10H11ClFNO3S/c1-2-3-13-10(14)7-4-8(12)6-9(5-7)17(11,15)16/h4-6H,2-3H2,1H3,(H,13,14). The molecule has 1 amide bonds. The first-order chi connectivity index (χ1) is 7.84. The molecule has 0 atom stereocenters. The summed E-state index contributed by atoms with van der Waals surface area (Å²) in [5, 5.41) is 2.51. The Labute approximate surface area is 103 Å². The lowest BCUT2D eigenvalue weighted by Gasteiger charge is -2.05. The van der Waals surface area contributed by atoms with Crippen LogP contribution in [0.2, 0.25) is 0 Å². The molecule has 94 valence electrons. The number of hydrogen-bond acceptors (Lipinski definition) is 3. The van der Waals surface area contributed by atoms with Crippen molar-refractivity contribution in [3.05, 3.63) is 29.6 Å². The van der Waals surface area contributed by atoms with E-state index in [4.69, 9.17) is 10.7 Å². The number of halogens is 2. The molecule has 4 nitrogen and oxygen atoms in total. The Morgan fingerprint density at radius 2 is 2.06 bits per heavy atom. The van der Waals surface area contributed by atoms with Gasteiger partial charge in [0.1, 0.15) is 5.82 Å². The monoisotopic (exact) mass is 279 g/mol. The molecule has 1 N–H and O–H groups in total. The van der Waals surface area contributed by atoms with E-state index < -0.39 is 25.7 Å². The van der Waals surface area contributed by atoms with Crippen LogP contribution in [0.5, 0.6) is 0 Å². The zero-order valence-electron chi connectivity index (χ0n) is 9.04. The summed E-state index contributed by atoms with van der Waals surface area (Å²) in [5.41, 5.74) is -0.0716. The largest absolute Gasteiger partial charge is 0.352 e. The van der Waals surface area contributed by atoms with Crippen LogP contribution in [0.25, 0.3) is 0 Å². The zero-order chi connectivity index (χ0) is 13.1. The van der Waals surface area contributed by atoms with Gasteiger partial charge >= 0.3 is 0 Å². The van der Waals surface area contributed by atoms with Crippen LogP contribution >= 0.6 is 10.7 Å². The van der Waals surface area contributed by atoms with Crippen LogP contribution in [-0.4, -0.2) is 20.9 Å². The quantitative estimate of drug-likeness (QED) is 0.856. The third kappa shape index (κ3) is 3.98. The fourth-order valence-electron chi connectivity index (χ4n) is 1.18. The Kier molecular flexibility index (Phi) is 4.47. The SMILES string of the molecule is CCCNC(=O)c1cc(F)cc(S(=O)(=O)Cl)c1. The highest BCUT2D eigenvalue weighted by Crippen LogP contribution is 2.18. The van der Waals surface area contributed by atoms with E-state index in [9.17, 15) is 17.6 Å². The second-order valence-electron chi connectivity index (χ2n) is 3.37. The van der Waals surface area contributed by atoms with Crippen LogP contribution in [0.1, 0.15) is 23.7 Å². The fourth-order valence-corrected chi connectivity index (χ4v) is 1.96. The van der Waals surface area contributed by atoms with Gasteiger partial charge in [0, 0.05) is 22.8 Å². The van der Waals surface area contributed by atoms with E-state index in [0.29, 0.717) is 6.54 Å². The average molecular weight is 280 g/mol. The first-order valence-electron chi connectivity index (χ1n) is 4.88. The molecule has 7 heteroatoms. The normalized spacial score (nSPS) is 11.2. The third-order valence-electron chi connectivity index (χ3n) is 1.95. The second-order valence-corrected chi connectivity index (χ2v) is 5.94. The van der Waals surface area contributed by atoms with Crippen LogP contribution in [0, 0.1) is 5.82 Å². The number of nitrogens with one attached hydrogen (secondary N) is 1. The van der Waals surface area contributed by atoms with Crippen molar-refractivity contribution in [2.24, 2.45) is 0 Å². The smallest absolute Gasteiger partial charge is 0.261 e. The Hall–Kier alpha value is -1.14. The van der Waals surface area contributed by atoms with E-state index in [1.807, 2.05) is 6.92 Å². The van der Waals surface area contributed by atoms with Crippen molar-refractivity contribution in [2.45, 2.75) is 18.2 Å². The molecule has 0 aliphatic carbocycles. The van der Waals surface area contributed by atoms with E-state index in [1.54, 1.807) is 0 Å². The molecule has 0 aromatic heterocycles. The van der Waals surface area contributed by atoms with Crippen molar-refractivity contribution < 1.29 is 17.6 Å². The third-order valence-corrected chi connectivity index (χ3v) is 3.28. The predicted octanol–water partition coefficient (Wildman–Crippen LogP) is 1.89. The lowest BCUT2D eigenvalue weighted by Crippen LogP contribution is -2.24. The topological polar surface area (TPSA) is 63.2 Å². The summed E-state index contributed by atoms with van der Waals surface area (Å²) in [6.45, 7) is 2.29. The number of amides is 1. The fraction of sp³-hybridized carbons (Fsp3) is 0.300. The molecule has 0 aliphatic heterocycles. The maximum atomic E-state index is 13.1. The molecule has 0 saturated heterocycles. The molecule has 0 heterocycles. The summed E-state index contributed by atoms with van der Waals surface area (Å²) in [7, 11) is 1.04. The maximum absolute atomic E-state index is 13.1. The van der Waals surface area contributed by atoms with E-state index in [1.165, 1.54) is 0 Å². The van der Waals surface area contributed by atoms with Crippen molar-refractivity contribution in [1.29, 1.82) is 0 Å². The van der Waals surface area contributed by atoms with Crippen LogP contribution < -0.4 is 5.32 Å². The molecule has 0 spiro atoms. The number of rotatable bonds is 4. The summed E-state index contributed by atoms with van der Waals surface area (Å²) < 4.78 is 35.2. The molecule has 1 aromatic rings. The van der Waals surface area contributed by atoms with Gasteiger partial charge in [-0.25, -0.2) is 12.8 Å². The van der Waals surface area contributed by atoms with Crippen molar-refractivity contribution >= 4 is 25.6 Å². The van der Waals surface area contributed by atoms with E-state index in [-0.39, 0.29) is 5.56 Å². The van der Waals surface area contributed by atoms with Gasteiger partial charge in [-0.1, -0.05) is 6.92 Å². The summed E-state index contributed by atoms with van der Waals surface area (Å²) in [6, 6.07) is 2.76. The lowest BCUT2D eigenvalue weighted by atomic mass is 10.2. The molecule has 1 rings (SSSR count). The summed E-state index contributed by atoms with van der Waals surface area (Å²) in [4.78, 5) is 11.1. The molecule has 0 fully saturated rings. The number of carbonyl (C=O) groups excluding carboxylic acids is 1. The molecule has 0 aliphatic rings. The van der Waals surface area contributed by atoms with Crippen molar-refractivity contribution in [2.75, 3.05) is 6.54 Å². The Balaban J connectivity index is 3.10.